The molecule has 0 amide bonds. The van der Waals surface area contributed by atoms with Gasteiger partial charge in [0.05, 0.1) is 12.2 Å². The molecular formula is C23H34N2O2. The zero-order valence-corrected chi connectivity index (χ0v) is 16.7. The van der Waals surface area contributed by atoms with Gasteiger partial charge in [-0.05, 0) is 44.5 Å². The molecule has 0 bridgehead atoms. The lowest BCUT2D eigenvalue weighted by Crippen LogP contribution is -2.35. The molecule has 4 nitrogen and oxygen atoms in total. The van der Waals surface area contributed by atoms with Crippen molar-refractivity contribution in [1.82, 2.24) is 9.80 Å². The average Bonchev–Trinajstić information content (AvgIpc) is 2.62. The molecule has 0 radical (unpaired) electrons. The van der Waals surface area contributed by atoms with E-state index in [0.717, 1.165) is 32.6 Å². The van der Waals surface area contributed by atoms with E-state index in [1.807, 2.05) is 26.0 Å². The van der Waals surface area contributed by atoms with E-state index in [0.29, 0.717) is 13.1 Å². The van der Waals surface area contributed by atoms with Crippen LogP contribution in [0, 0.1) is 0 Å². The Morgan fingerprint density at radius 2 is 1.04 bits per heavy atom. The van der Waals surface area contributed by atoms with Crippen molar-refractivity contribution in [2.24, 2.45) is 0 Å². The molecule has 2 rings (SSSR count). The third kappa shape index (κ3) is 9.16. The predicted octanol–water partition coefficient (Wildman–Crippen LogP) is 3.14. The van der Waals surface area contributed by atoms with Crippen molar-refractivity contribution in [3.8, 4) is 0 Å². The van der Waals surface area contributed by atoms with Crippen LogP contribution < -0.4 is 0 Å². The fourth-order valence-corrected chi connectivity index (χ4v) is 3.42. The van der Waals surface area contributed by atoms with Gasteiger partial charge in [0.15, 0.2) is 0 Å². The summed E-state index contributed by atoms with van der Waals surface area (Å²) in [4.78, 5) is 4.62. The summed E-state index contributed by atoms with van der Waals surface area (Å²) >= 11 is 0. The number of aliphatic hydroxyl groups excluding tert-OH is 2. The van der Waals surface area contributed by atoms with Crippen LogP contribution in [0.4, 0.5) is 0 Å². The van der Waals surface area contributed by atoms with Crippen LogP contribution in [0.5, 0.6) is 0 Å². The first kappa shape index (κ1) is 21.6. The molecule has 0 aliphatic rings. The number of hydrogen-bond donors (Lipinski definition) is 2. The van der Waals surface area contributed by atoms with E-state index >= 15 is 0 Å². The van der Waals surface area contributed by atoms with Crippen molar-refractivity contribution in [3.05, 3.63) is 71.8 Å². The second kappa shape index (κ2) is 11.9. The van der Waals surface area contributed by atoms with Gasteiger partial charge in [0.1, 0.15) is 0 Å². The Bertz CT molecular complexity index is 561. The Kier molecular flexibility index (Phi) is 9.50. The summed E-state index contributed by atoms with van der Waals surface area (Å²) in [5.41, 5.74) is 2.53. The van der Waals surface area contributed by atoms with E-state index in [2.05, 4.69) is 58.3 Å². The summed E-state index contributed by atoms with van der Waals surface area (Å²) in [5.74, 6) is 0. The molecule has 0 aliphatic carbocycles. The molecule has 0 saturated heterocycles. The smallest absolute Gasteiger partial charge is 0.0639 e. The summed E-state index contributed by atoms with van der Waals surface area (Å²) in [6, 6.07) is 20.8. The maximum atomic E-state index is 9.84. The lowest BCUT2D eigenvalue weighted by atomic mass is 10.2. The lowest BCUT2D eigenvalue weighted by molar-refractivity contribution is 0.105. The summed E-state index contributed by atoms with van der Waals surface area (Å²) in [5, 5.41) is 19.7. The molecule has 0 fully saturated rings. The quantitative estimate of drug-likeness (QED) is 0.603. The summed E-state index contributed by atoms with van der Waals surface area (Å²) in [7, 11) is 0. The molecule has 2 N–H and O–H groups in total. The van der Waals surface area contributed by atoms with Crippen molar-refractivity contribution in [3.63, 3.8) is 0 Å². The van der Waals surface area contributed by atoms with Gasteiger partial charge in [-0.25, -0.2) is 0 Å². The minimum absolute atomic E-state index is 0.341. The van der Waals surface area contributed by atoms with E-state index in [1.165, 1.54) is 11.1 Å². The van der Waals surface area contributed by atoms with Crippen molar-refractivity contribution in [2.75, 3.05) is 26.2 Å². The normalized spacial score (nSPS) is 13.9. The minimum Gasteiger partial charge on any atom is -0.392 e. The van der Waals surface area contributed by atoms with E-state index in [9.17, 15) is 10.2 Å². The average molecular weight is 371 g/mol. The van der Waals surface area contributed by atoms with Crippen LogP contribution in [0.15, 0.2) is 60.7 Å². The van der Waals surface area contributed by atoms with Gasteiger partial charge in [-0.15, -0.1) is 0 Å². The van der Waals surface area contributed by atoms with Crippen molar-refractivity contribution in [1.29, 1.82) is 0 Å². The van der Waals surface area contributed by atoms with Gasteiger partial charge in [0.25, 0.3) is 0 Å². The first-order chi connectivity index (χ1) is 13.0. The van der Waals surface area contributed by atoms with Gasteiger partial charge in [-0.2, -0.15) is 0 Å². The minimum atomic E-state index is -0.341. The molecule has 0 heterocycles. The Balaban J connectivity index is 1.88. The highest BCUT2D eigenvalue weighted by Gasteiger charge is 2.12. The third-order valence-corrected chi connectivity index (χ3v) is 4.49. The van der Waals surface area contributed by atoms with Crippen molar-refractivity contribution >= 4 is 0 Å². The molecular weight excluding hydrogens is 336 g/mol. The van der Waals surface area contributed by atoms with Crippen LogP contribution in [-0.2, 0) is 13.1 Å². The van der Waals surface area contributed by atoms with Gasteiger partial charge in [-0.3, -0.25) is 9.80 Å². The number of hydrogen-bond acceptors (Lipinski definition) is 4. The SMILES string of the molecule is CC(O)CN(CCCN(Cc1ccccc1)CC(C)O)Cc1ccccc1. The highest BCUT2D eigenvalue weighted by molar-refractivity contribution is 5.15. The molecule has 4 heteroatoms. The Hall–Kier alpha value is -1.72. The number of rotatable bonds is 12. The number of nitrogens with zero attached hydrogens (tertiary/aromatic N) is 2. The fourth-order valence-electron chi connectivity index (χ4n) is 3.42. The van der Waals surface area contributed by atoms with Crippen LogP contribution in [0.3, 0.4) is 0 Å². The van der Waals surface area contributed by atoms with E-state index < -0.39 is 0 Å². The molecule has 0 spiro atoms. The second-order valence-electron chi connectivity index (χ2n) is 7.49. The molecule has 2 atom stereocenters. The molecule has 2 aromatic rings. The first-order valence-corrected chi connectivity index (χ1v) is 9.91. The van der Waals surface area contributed by atoms with Gasteiger partial charge in [0, 0.05) is 26.2 Å². The van der Waals surface area contributed by atoms with Crippen molar-refractivity contribution < 1.29 is 10.2 Å². The Morgan fingerprint density at radius 3 is 1.37 bits per heavy atom. The maximum Gasteiger partial charge on any atom is 0.0639 e. The second-order valence-corrected chi connectivity index (χ2v) is 7.49. The first-order valence-electron chi connectivity index (χ1n) is 9.91. The topological polar surface area (TPSA) is 46.9 Å². The summed E-state index contributed by atoms with van der Waals surface area (Å²) in [6.45, 7) is 8.56. The van der Waals surface area contributed by atoms with E-state index in [1.54, 1.807) is 0 Å². The van der Waals surface area contributed by atoms with Crippen LogP contribution in [0.2, 0.25) is 0 Å². The van der Waals surface area contributed by atoms with Gasteiger partial charge in [0.2, 0.25) is 0 Å². The van der Waals surface area contributed by atoms with Crippen molar-refractivity contribution in [2.45, 2.75) is 45.6 Å². The van der Waals surface area contributed by atoms with E-state index in [4.69, 9.17) is 0 Å². The van der Waals surface area contributed by atoms with Crippen LogP contribution in [-0.4, -0.2) is 58.4 Å². The van der Waals surface area contributed by atoms with Gasteiger partial charge in [-0.1, -0.05) is 60.7 Å². The molecule has 0 aliphatic heterocycles. The number of aliphatic hydroxyl groups is 2. The maximum absolute atomic E-state index is 9.84. The summed E-state index contributed by atoms with van der Waals surface area (Å²) in [6.07, 6.45) is 0.317. The molecule has 0 aromatic heterocycles. The Morgan fingerprint density at radius 1 is 0.667 bits per heavy atom. The van der Waals surface area contributed by atoms with Crippen LogP contribution >= 0.6 is 0 Å². The van der Waals surface area contributed by atoms with E-state index in [-0.39, 0.29) is 12.2 Å². The molecule has 2 unspecified atom stereocenters. The van der Waals surface area contributed by atoms with Gasteiger partial charge < -0.3 is 10.2 Å². The zero-order chi connectivity index (χ0) is 19.5. The van der Waals surface area contributed by atoms with Crippen LogP contribution in [0.1, 0.15) is 31.4 Å². The summed E-state index contributed by atoms with van der Waals surface area (Å²) < 4.78 is 0. The molecule has 27 heavy (non-hydrogen) atoms. The standard InChI is InChI=1S/C23H34N2O2/c1-20(26)16-24(18-22-10-5-3-6-11-22)14-9-15-25(17-21(2)27)19-23-12-7-4-8-13-23/h3-8,10-13,20-21,26-27H,9,14-19H2,1-2H3. The highest BCUT2D eigenvalue weighted by Crippen LogP contribution is 2.09. The number of benzene rings is 2. The Labute approximate surface area is 164 Å². The zero-order valence-electron chi connectivity index (χ0n) is 16.7. The monoisotopic (exact) mass is 370 g/mol. The molecule has 148 valence electrons. The van der Waals surface area contributed by atoms with Crippen LogP contribution in [0.25, 0.3) is 0 Å². The largest absolute Gasteiger partial charge is 0.392 e. The molecule has 0 saturated carbocycles. The predicted molar refractivity (Wildman–Crippen MR) is 111 cm³/mol. The highest BCUT2D eigenvalue weighted by atomic mass is 16.3. The fraction of sp³-hybridized carbons (Fsp3) is 0.478. The molecule has 2 aromatic carbocycles. The lowest BCUT2D eigenvalue weighted by Gasteiger charge is -2.27. The third-order valence-electron chi connectivity index (χ3n) is 4.49. The van der Waals surface area contributed by atoms with Gasteiger partial charge >= 0.3 is 0 Å².